The Kier molecular flexibility index (Phi) is 3.27. The van der Waals surface area contributed by atoms with Gasteiger partial charge < -0.3 is 5.32 Å². The van der Waals surface area contributed by atoms with Gasteiger partial charge in [-0.3, -0.25) is 4.79 Å². The van der Waals surface area contributed by atoms with Crippen molar-refractivity contribution < 1.29 is 6.17 Å². The minimum absolute atomic E-state index is 0.136. The van der Waals surface area contributed by atoms with Crippen molar-refractivity contribution in [1.82, 2.24) is 5.32 Å². The van der Waals surface area contributed by atoms with Gasteiger partial charge >= 0.3 is 0 Å². The first kappa shape index (κ1) is 7.58. The summed E-state index contributed by atoms with van der Waals surface area (Å²) in [6.07, 6.45) is 0.687. The van der Waals surface area contributed by atoms with Crippen molar-refractivity contribution in [2.24, 2.45) is 5.92 Å². The van der Waals surface area contributed by atoms with Crippen LogP contribution in [0.1, 0.15) is 35.5 Å². The normalized spacial score (nSPS) is 17.9. The summed E-state index contributed by atoms with van der Waals surface area (Å²) in [5.74, 6) is 0.299. The standard InChI is InChI=1S/C8H17NO/c1-6(2)5-7(3)9-8(4)10/h6-7H,5H2,1-4H3,(H,9,10)/t7-/m0/s1/i7D. The van der Waals surface area contributed by atoms with Crippen LogP contribution in [0.25, 0.3) is 0 Å². The minimum Gasteiger partial charge on any atom is -0.354 e. The van der Waals surface area contributed by atoms with Gasteiger partial charge in [0.1, 0.15) is 0 Å². The van der Waals surface area contributed by atoms with E-state index in [4.69, 9.17) is 1.37 Å². The smallest absolute Gasteiger partial charge is 0.217 e. The molecule has 1 amide bonds. The molecule has 0 rings (SSSR count). The van der Waals surface area contributed by atoms with Crippen molar-refractivity contribution in [2.75, 3.05) is 0 Å². The zero-order chi connectivity index (χ0) is 9.07. The lowest BCUT2D eigenvalue weighted by molar-refractivity contribution is -0.119. The highest BCUT2D eigenvalue weighted by molar-refractivity contribution is 5.73. The van der Waals surface area contributed by atoms with E-state index in [1.807, 2.05) is 13.8 Å². The van der Waals surface area contributed by atoms with Gasteiger partial charge in [-0.1, -0.05) is 13.8 Å². The Morgan fingerprint density at radius 2 is 2.10 bits per heavy atom. The van der Waals surface area contributed by atoms with Crippen molar-refractivity contribution in [3.63, 3.8) is 0 Å². The molecule has 0 radical (unpaired) electrons. The summed E-state index contributed by atoms with van der Waals surface area (Å²) in [4.78, 5) is 10.6. The second-order valence-corrected chi connectivity index (χ2v) is 3.06. The van der Waals surface area contributed by atoms with E-state index in [0.717, 1.165) is 0 Å². The van der Waals surface area contributed by atoms with E-state index < -0.39 is 6.02 Å². The van der Waals surface area contributed by atoms with Crippen LogP contribution in [0.3, 0.4) is 0 Å². The molecule has 0 bridgehead atoms. The van der Waals surface area contributed by atoms with Gasteiger partial charge in [-0.2, -0.15) is 0 Å². The fourth-order valence-electron chi connectivity index (χ4n) is 0.964. The molecule has 0 saturated carbocycles. The first-order valence-corrected chi connectivity index (χ1v) is 3.62. The molecule has 60 valence electrons. The molecule has 10 heavy (non-hydrogen) atoms. The first-order valence-electron chi connectivity index (χ1n) is 4.12. The van der Waals surface area contributed by atoms with Gasteiger partial charge in [0, 0.05) is 12.9 Å². The number of carbonyl (C=O) groups is 1. The molecular formula is C8H17NO. The molecular weight excluding hydrogens is 126 g/mol. The molecule has 0 fully saturated rings. The number of hydrogen-bond donors (Lipinski definition) is 1. The summed E-state index contributed by atoms with van der Waals surface area (Å²) in [7, 11) is 0. The van der Waals surface area contributed by atoms with E-state index in [0.29, 0.717) is 12.3 Å². The second-order valence-electron chi connectivity index (χ2n) is 3.06. The Morgan fingerprint density at radius 3 is 2.40 bits per heavy atom. The van der Waals surface area contributed by atoms with Crippen LogP contribution in [0.4, 0.5) is 0 Å². The van der Waals surface area contributed by atoms with Gasteiger partial charge in [-0.15, -0.1) is 0 Å². The van der Waals surface area contributed by atoms with E-state index in [9.17, 15) is 4.79 Å². The molecule has 1 atom stereocenters. The van der Waals surface area contributed by atoms with Crippen LogP contribution in [0.2, 0.25) is 0 Å². The lowest BCUT2D eigenvalue weighted by Gasteiger charge is -2.13. The average Bonchev–Trinajstić information content (AvgIpc) is 1.53. The monoisotopic (exact) mass is 144 g/mol. The third-order valence-electron chi connectivity index (χ3n) is 1.10. The predicted octanol–water partition coefficient (Wildman–Crippen LogP) is 1.56. The van der Waals surface area contributed by atoms with Crippen LogP contribution in [0.15, 0.2) is 0 Å². The molecule has 0 aromatic rings. The number of carbonyl (C=O) groups excluding carboxylic acids is 1. The molecule has 0 aliphatic heterocycles. The number of hydrogen-bond acceptors (Lipinski definition) is 1. The zero-order valence-corrected chi connectivity index (χ0v) is 7.19. The maximum absolute atomic E-state index is 10.6. The highest BCUT2D eigenvalue weighted by atomic mass is 16.1. The van der Waals surface area contributed by atoms with Crippen LogP contribution in [0.5, 0.6) is 0 Å². The Labute approximate surface area is 64.4 Å². The fourth-order valence-corrected chi connectivity index (χ4v) is 0.964. The molecule has 0 aliphatic rings. The number of nitrogens with one attached hydrogen (secondary N) is 1. The van der Waals surface area contributed by atoms with E-state index in [-0.39, 0.29) is 5.91 Å². The lowest BCUT2D eigenvalue weighted by atomic mass is 10.1. The third-order valence-corrected chi connectivity index (χ3v) is 1.10. The van der Waals surface area contributed by atoms with Gasteiger partial charge in [0.25, 0.3) is 0 Å². The highest BCUT2D eigenvalue weighted by Gasteiger charge is 2.04. The van der Waals surface area contributed by atoms with E-state index >= 15 is 0 Å². The summed E-state index contributed by atoms with van der Waals surface area (Å²) in [5, 5.41) is 2.58. The minimum atomic E-state index is -0.806. The van der Waals surface area contributed by atoms with E-state index in [2.05, 4.69) is 5.32 Å². The topological polar surface area (TPSA) is 29.1 Å². The molecule has 0 saturated heterocycles. The van der Waals surface area contributed by atoms with Crippen molar-refractivity contribution in [2.45, 2.75) is 40.1 Å². The van der Waals surface area contributed by atoms with Crippen LogP contribution < -0.4 is 5.32 Å². The summed E-state index contributed by atoms with van der Waals surface area (Å²) >= 11 is 0. The van der Waals surface area contributed by atoms with Crippen molar-refractivity contribution >= 4 is 5.91 Å². The van der Waals surface area contributed by atoms with Crippen molar-refractivity contribution in [3.05, 3.63) is 0 Å². The third kappa shape index (κ3) is 5.60. The van der Waals surface area contributed by atoms with E-state index in [1.165, 1.54) is 6.92 Å². The van der Waals surface area contributed by atoms with Gasteiger partial charge in [-0.05, 0) is 19.3 Å². The summed E-state index contributed by atoms with van der Waals surface area (Å²) in [6, 6.07) is -0.806. The fraction of sp³-hybridized carbons (Fsp3) is 0.875. The molecule has 0 unspecified atom stereocenters. The summed E-state index contributed by atoms with van der Waals surface area (Å²) in [6.45, 7) is 7.23. The van der Waals surface area contributed by atoms with Crippen molar-refractivity contribution in [3.8, 4) is 0 Å². The Hall–Kier alpha value is -0.530. The van der Waals surface area contributed by atoms with Gasteiger partial charge in [-0.25, -0.2) is 0 Å². The lowest BCUT2D eigenvalue weighted by Crippen LogP contribution is -2.31. The van der Waals surface area contributed by atoms with Gasteiger partial charge in [0.05, 0.1) is 1.37 Å². The summed E-state index contributed by atoms with van der Waals surface area (Å²) < 4.78 is 7.66. The molecule has 0 aliphatic carbocycles. The van der Waals surface area contributed by atoms with Crippen LogP contribution >= 0.6 is 0 Å². The maximum atomic E-state index is 10.6. The highest BCUT2D eigenvalue weighted by Crippen LogP contribution is 2.02. The SMILES string of the molecule is [2H][C@](C)(CC(C)C)NC(C)=O. The van der Waals surface area contributed by atoms with Crippen LogP contribution in [0, 0.1) is 5.92 Å². The van der Waals surface area contributed by atoms with Gasteiger partial charge in [0.15, 0.2) is 0 Å². The summed E-state index contributed by atoms with van der Waals surface area (Å²) in [5.41, 5.74) is 0. The molecule has 0 aromatic carbocycles. The van der Waals surface area contributed by atoms with Crippen LogP contribution in [-0.4, -0.2) is 11.9 Å². The first-order chi connectivity index (χ1) is 4.83. The average molecular weight is 144 g/mol. The Balaban J connectivity index is 3.89. The molecule has 1 N–H and O–H groups in total. The van der Waals surface area contributed by atoms with E-state index in [1.54, 1.807) is 6.92 Å². The zero-order valence-electron chi connectivity index (χ0n) is 8.19. The number of amides is 1. The van der Waals surface area contributed by atoms with Crippen molar-refractivity contribution in [1.29, 1.82) is 0 Å². The van der Waals surface area contributed by atoms with Gasteiger partial charge in [0.2, 0.25) is 5.91 Å². The largest absolute Gasteiger partial charge is 0.354 e. The molecule has 2 nitrogen and oxygen atoms in total. The Bertz CT molecular complexity index is 143. The molecule has 2 heteroatoms. The Morgan fingerprint density at radius 1 is 1.60 bits per heavy atom. The second kappa shape index (κ2) is 4.31. The van der Waals surface area contributed by atoms with Crippen LogP contribution in [-0.2, 0) is 4.79 Å². The number of rotatable bonds is 3. The maximum Gasteiger partial charge on any atom is 0.217 e. The quantitative estimate of drug-likeness (QED) is 0.640. The molecule has 0 aromatic heterocycles. The molecule has 0 heterocycles. The predicted molar refractivity (Wildman–Crippen MR) is 42.7 cm³/mol. The molecule has 0 spiro atoms.